The highest BCUT2D eigenvalue weighted by Gasteiger charge is 2.16. The highest BCUT2D eigenvalue weighted by atomic mass is 35.5. The highest BCUT2D eigenvalue weighted by Crippen LogP contribution is 2.19. The minimum atomic E-state index is -3.80. The summed E-state index contributed by atoms with van der Waals surface area (Å²) in [6, 6.07) is 11.4. The lowest BCUT2D eigenvalue weighted by Gasteiger charge is -2.09. The number of hydrogen-bond acceptors (Lipinski definition) is 3. The zero-order chi connectivity index (χ0) is 17.7. The maximum Gasteiger partial charge on any atom is 0.241 e. The van der Waals surface area contributed by atoms with Crippen molar-refractivity contribution in [2.45, 2.75) is 18.4 Å². The minimum absolute atomic E-state index is 0.0172. The quantitative estimate of drug-likeness (QED) is 0.801. The summed E-state index contributed by atoms with van der Waals surface area (Å²) in [6.45, 7) is 1.70. The van der Waals surface area contributed by atoms with Crippen molar-refractivity contribution in [3.63, 3.8) is 0 Å². The van der Waals surface area contributed by atoms with Gasteiger partial charge in [0.25, 0.3) is 0 Å². The molecular formula is C16H16Cl2N2O3S. The smallest absolute Gasteiger partial charge is 0.241 e. The number of hydrogen-bond donors (Lipinski definition) is 2. The minimum Gasteiger partial charge on any atom is -0.351 e. The summed E-state index contributed by atoms with van der Waals surface area (Å²) in [4.78, 5) is 11.8. The van der Waals surface area contributed by atoms with Crippen molar-refractivity contribution in [2.75, 3.05) is 6.54 Å². The predicted molar refractivity (Wildman–Crippen MR) is 94.7 cm³/mol. The number of carbonyl (C=O) groups excluding carboxylic acids is 1. The van der Waals surface area contributed by atoms with E-state index >= 15 is 0 Å². The Morgan fingerprint density at radius 3 is 2.38 bits per heavy atom. The van der Waals surface area contributed by atoms with Crippen LogP contribution in [0.3, 0.4) is 0 Å². The Balaban J connectivity index is 1.90. The van der Waals surface area contributed by atoms with Crippen LogP contribution in [-0.2, 0) is 21.4 Å². The molecule has 0 saturated heterocycles. The average Bonchev–Trinajstić information content (AvgIpc) is 2.55. The Labute approximate surface area is 151 Å². The van der Waals surface area contributed by atoms with Gasteiger partial charge in [-0.3, -0.25) is 4.79 Å². The number of nitrogens with one attached hydrogen (secondary N) is 2. The summed E-state index contributed by atoms with van der Waals surface area (Å²) >= 11 is 11.7. The largest absolute Gasteiger partial charge is 0.351 e. The van der Waals surface area contributed by atoms with Gasteiger partial charge in [-0.05, 0) is 42.3 Å². The van der Waals surface area contributed by atoms with Crippen LogP contribution < -0.4 is 10.0 Å². The molecule has 0 atom stereocenters. The Morgan fingerprint density at radius 2 is 1.75 bits per heavy atom. The third-order valence-electron chi connectivity index (χ3n) is 3.28. The van der Waals surface area contributed by atoms with Crippen LogP contribution in [0, 0.1) is 6.92 Å². The van der Waals surface area contributed by atoms with Gasteiger partial charge >= 0.3 is 0 Å². The molecule has 0 spiro atoms. The maximum absolute atomic E-state index is 12.1. The van der Waals surface area contributed by atoms with Crippen molar-refractivity contribution in [3.05, 3.63) is 63.6 Å². The number of rotatable bonds is 6. The molecular weight excluding hydrogens is 371 g/mol. The topological polar surface area (TPSA) is 75.3 Å². The molecule has 0 unspecified atom stereocenters. The number of aryl methyl sites for hydroxylation is 1. The number of benzene rings is 2. The lowest BCUT2D eigenvalue weighted by molar-refractivity contribution is -0.120. The van der Waals surface area contributed by atoms with Crippen molar-refractivity contribution in [2.24, 2.45) is 0 Å². The maximum atomic E-state index is 12.1. The van der Waals surface area contributed by atoms with E-state index in [1.54, 1.807) is 37.3 Å². The van der Waals surface area contributed by atoms with Gasteiger partial charge in [0.05, 0.1) is 11.4 Å². The Kier molecular flexibility index (Phi) is 6.23. The second-order valence-corrected chi connectivity index (χ2v) is 7.75. The third kappa shape index (κ3) is 5.21. The van der Waals surface area contributed by atoms with Crippen molar-refractivity contribution >= 4 is 39.1 Å². The zero-order valence-corrected chi connectivity index (χ0v) is 15.2. The average molecular weight is 387 g/mol. The van der Waals surface area contributed by atoms with Crippen molar-refractivity contribution < 1.29 is 13.2 Å². The third-order valence-corrected chi connectivity index (χ3v) is 5.34. The Morgan fingerprint density at radius 1 is 1.08 bits per heavy atom. The molecule has 2 N–H and O–H groups in total. The number of halogens is 2. The van der Waals surface area contributed by atoms with E-state index in [1.807, 2.05) is 0 Å². The van der Waals surface area contributed by atoms with Crippen LogP contribution in [0.25, 0.3) is 0 Å². The van der Waals surface area contributed by atoms with Crippen molar-refractivity contribution in [1.29, 1.82) is 0 Å². The molecule has 128 valence electrons. The summed E-state index contributed by atoms with van der Waals surface area (Å²) in [6.07, 6.45) is 0. The summed E-state index contributed by atoms with van der Waals surface area (Å²) < 4.78 is 26.5. The first-order valence-corrected chi connectivity index (χ1v) is 9.29. The molecule has 2 rings (SSSR count). The van der Waals surface area contributed by atoms with Crippen LogP contribution in [0.5, 0.6) is 0 Å². The van der Waals surface area contributed by atoms with Gasteiger partial charge in [0, 0.05) is 16.6 Å². The second kappa shape index (κ2) is 7.98. The molecule has 1 amide bonds. The highest BCUT2D eigenvalue weighted by molar-refractivity contribution is 7.89. The fourth-order valence-electron chi connectivity index (χ4n) is 1.85. The SMILES string of the molecule is Cc1ccc(S(=O)(=O)NCC(=O)NCc2ccc(Cl)cc2)cc1Cl. The first-order chi connectivity index (χ1) is 11.3. The van der Waals surface area contributed by atoms with E-state index in [-0.39, 0.29) is 18.0 Å². The van der Waals surface area contributed by atoms with E-state index in [9.17, 15) is 13.2 Å². The summed E-state index contributed by atoms with van der Waals surface area (Å²) in [5, 5.41) is 3.59. The lowest BCUT2D eigenvalue weighted by atomic mass is 10.2. The van der Waals surface area contributed by atoms with Crippen LogP contribution in [0.2, 0.25) is 10.0 Å². The number of amides is 1. The van der Waals surface area contributed by atoms with Gasteiger partial charge in [-0.25, -0.2) is 13.1 Å². The van der Waals surface area contributed by atoms with Gasteiger partial charge in [-0.1, -0.05) is 41.4 Å². The summed E-state index contributed by atoms with van der Waals surface area (Å²) in [5.74, 6) is -0.438. The summed E-state index contributed by atoms with van der Waals surface area (Å²) in [5.41, 5.74) is 1.64. The molecule has 0 heterocycles. The summed E-state index contributed by atoms with van der Waals surface area (Å²) in [7, 11) is -3.80. The number of carbonyl (C=O) groups is 1. The van der Waals surface area contributed by atoms with Crippen LogP contribution in [0.15, 0.2) is 47.4 Å². The Bertz CT molecular complexity index is 837. The molecule has 0 aliphatic rings. The fourth-order valence-corrected chi connectivity index (χ4v) is 3.23. The lowest BCUT2D eigenvalue weighted by Crippen LogP contribution is -2.36. The molecule has 0 aromatic heterocycles. The van der Waals surface area contributed by atoms with Crippen LogP contribution in [0.1, 0.15) is 11.1 Å². The molecule has 2 aromatic carbocycles. The van der Waals surface area contributed by atoms with Gasteiger partial charge in [0.1, 0.15) is 0 Å². The molecule has 0 bridgehead atoms. The predicted octanol–water partition coefficient (Wildman–Crippen LogP) is 2.90. The van der Waals surface area contributed by atoms with Gasteiger partial charge < -0.3 is 5.32 Å². The molecule has 24 heavy (non-hydrogen) atoms. The van der Waals surface area contributed by atoms with Crippen molar-refractivity contribution in [3.8, 4) is 0 Å². The van der Waals surface area contributed by atoms with Gasteiger partial charge in [0.15, 0.2) is 0 Å². The molecule has 8 heteroatoms. The number of sulfonamides is 1. The molecule has 0 aliphatic heterocycles. The van der Waals surface area contributed by atoms with Gasteiger partial charge in [0.2, 0.25) is 15.9 Å². The van der Waals surface area contributed by atoms with Crippen LogP contribution >= 0.6 is 23.2 Å². The first-order valence-electron chi connectivity index (χ1n) is 7.05. The van der Waals surface area contributed by atoms with Crippen molar-refractivity contribution in [1.82, 2.24) is 10.0 Å². The molecule has 0 aliphatic carbocycles. The van der Waals surface area contributed by atoms with Gasteiger partial charge in [-0.15, -0.1) is 0 Å². The molecule has 5 nitrogen and oxygen atoms in total. The van der Waals surface area contributed by atoms with Crippen LogP contribution in [0.4, 0.5) is 0 Å². The molecule has 0 radical (unpaired) electrons. The van der Waals surface area contributed by atoms with Crippen LogP contribution in [-0.4, -0.2) is 20.9 Å². The van der Waals surface area contributed by atoms with E-state index in [4.69, 9.17) is 23.2 Å². The fraction of sp³-hybridized carbons (Fsp3) is 0.188. The second-order valence-electron chi connectivity index (χ2n) is 5.14. The standard InChI is InChI=1S/C16H16Cl2N2O3S/c1-11-2-7-14(8-15(11)18)24(22,23)20-10-16(21)19-9-12-3-5-13(17)6-4-12/h2-8,20H,9-10H2,1H3,(H,19,21). The van der Waals surface area contributed by atoms with E-state index in [0.717, 1.165) is 11.1 Å². The normalized spacial score (nSPS) is 11.3. The van der Waals surface area contributed by atoms with E-state index in [2.05, 4.69) is 10.0 Å². The molecule has 0 fully saturated rings. The van der Waals surface area contributed by atoms with E-state index in [1.165, 1.54) is 12.1 Å². The zero-order valence-electron chi connectivity index (χ0n) is 12.8. The Hall–Kier alpha value is -1.60. The van der Waals surface area contributed by atoms with Gasteiger partial charge in [-0.2, -0.15) is 0 Å². The molecule has 0 saturated carbocycles. The monoisotopic (exact) mass is 386 g/mol. The van der Waals surface area contributed by atoms with E-state index < -0.39 is 15.9 Å². The first kappa shape index (κ1) is 18.7. The van der Waals surface area contributed by atoms with E-state index in [0.29, 0.717) is 10.0 Å². The molecule has 2 aromatic rings.